The van der Waals surface area contributed by atoms with E-state index < -0.39 is 5.60 Å². The molecule has 2 aromatic rings. The van der Waals surface area contributed by atoms with Crippen LogP contribution in [0, 0.1) is 0 Å². The lowest BCUT2D eigenvalue weighted by atomic mass is 10.1. The van der Waals surface area contributed by atoms with Gasteiger partial charge in [0.2, 0.25) is 0 Å². The second-order valence-electron chi connectivity index (χ2n) is 6.97. The third kappa shape index (κ3) is 3.90. The highest BCUT2D eigenvalue weighted by atomic mass is 35.5. The van der Waals surface area contributed by atoms with E-state index in [0.29, 0.717) is 18.2 Å². The van der Waals surface area contributed by atoms with Crippen molar-refractivity contribution < 1.29 is 9.53 Å². The van der Waals surface area contributed by atoms with Gasteiger partial charge in [0.15, 0.2) is 0 Å². The van der Waals surface area contributed by atoms with Gasteiger partial charge in [-0.1, -0.05) is 11.6 Å². The zero-order chi connectivity index (χ0) is 17.3. The quantitative estimate of drug-likeness (QED) is 0.733. The van der Waals surface area contributed by atoms with Gasteiger partial charge < -0.3 is 14.5 Å². The molecular weight excluding hydrogens is 326 g/mol. The average Bonchev–Trinajstić information content (AvgIpc) is 2.53. The van der Waals surface area contributed by atoms with E-state index in [1.165, 1.54) is 0 Å². The van der Waals surface area contributed by atoms with Crippen molar-refractivity contribution in [1.82, 2.24) is 9.88 Å². The molecule has 1 fully saturated rings. The van der Waals surface area contributed by atoms with E-state index >= 15 is 0 Å². The summed E-state index contributed by atoms with van der Waals surface area (Å²) in [7, 11) is 0. The molecule has 1 saturated heterocycles. The number of nitrogens with zero attached hydrogens (tertiary/aromatic N) is 3. The summed E-state index contributed by atoms with van der Waals surface area (Å²) in [5, 5.41) is 1.56. The lowest BCUT2D eigenvalue weighted by Crippen LogP contribution is -2.50. The Balaban J connectivity index is 1.66. The number of carbonyl (C=O) groups is 1. The highest BCUT2D eigenvalue weighted by molar-refractivity contribution is 6.29. The highest BCUT2D eigenvalue weighted by Crippen LogP contribution is 2.24. The molecule has 2 heterocycles. The van der Waals surface area contributed by atoms with E-state index in [2.05, 4.69) is 22.0 Å². The van der Waals surface area contributed by atoms with Crippen LogP contribution in [0.2, 0.25) is 5.15 Å². The number of rotatable bonds is 1. The summed E-state index contributed by atoms with van der Waals surface area (Å²) in [6.07, 6.45) is -0.237. The van der Waals surface area contributed by atoms with Crippen molar-refractivity contribution in [2.75, 3.05) is 31.1 Å². The molecule has 0 atom stereocenters. The Labute approximate surface area is 147 Å². The third-order valence-corrected chi connectivity index (χ3v) is 4.15. The summed E-state index contributed by atoms with van der Waals surface area (Å²) in [5.74, 6) is 0. The fraction of sp³-hybridized carbons (Fsp3) is 0.444. The van der Waals surface area contributed by atoms with Crippen LogP contribution in [0.5, 0.6) is 0 Å². The van der Waals surface area contributed by atoms with Crippen molar-refractivity contribution >= 4 is 34.3 Å². The second kappa shape index (κ2) is 6.48. The molecule has 0 spiro atoms. The summed E-state index contributed by atoms with van der Waals surface area (Å²) < 4.78 is 5.43. The van der Waals surface area contributed by atoms with Crippen molar-refractivity contribution in [1.29, 1.82) is 0 Å². The molecule has 3 rings (SSSR count). The minimum Gasteiger partial charge on any atom is -0.444 e. The Bertz CT molecular complexity index is 750. The monoisotopic (exact) mass is 347 g/mol. The molecule has 0 N–H and O–H groups in total. The summed E-state index contributed by atoms with van der Waals surface area (Å²) in [6, 6.07) is 9.92. The molecular formula is C18H22ClN3O2. The van der Waals surface area contributed by atoms with E-state index in [0.717, 1.165) is 29.7 Å². The number of hydrogen-bond acceptors (Lipinski definition) is 4. The molecule has 1 amide bonds. The van der Waals surface area contributed by atoms with Gasteiger partial charge in [-0.05, 0) is 51.1 Å². The molecule has 128 valence electrons. The molecule has 1 aromatic carbocycles. The first-order valence-corrected chi connectivity index (χ1v) is 8.49. The summed E-state index contributed by atoms with van der Waals surface area (Å²) in [6.45, 7) is 8.54. The molecule has 0 aliphatic carbocycles. The number of pyridine rings is 1. The van der Waals surface area contributed by atoms with Gasteiger partial charge in [-0.3, -0.25) is 0 Å². The van der Waals surface area contributed by atoms with Gasteiger partial charge in [-0.2, -0.15) is 0 Å². The van der Waals surface area contributed by atoms with Crippen LogP contribution in [0.1, 0.15) is 20.8 Å². The molecule has 0 saturated carbocycles. The molecule has 5 nitrogen and oxygen atoms in total. The summed E-state index contributed by atoms with van der Waals surface area (Å²) in [5.41, 5.74) is 1.56. The zero-order valence-electron chi connectivity index (χ0n) is 14.3. The Hall–Kier alpha value is -2.01. The first-order valence-electron chi connectivity index (χ1n) is 8.11. The van der Waals surface area contributed by atoms with Gasteiger partial charge in [0.25, 0.3) is 0 Å². The molecule has 1 aliphatic rings. The van der Waals surface area contributed by atoms with Gasteiger partial charge in [0.05, 0.1) is 5.52 Å². The maximum absolute atomic E-state index is 12.1. The first kappa shape index (κ1) is 16.8. The Morgan fingerprint density at radius 2 is 1.83 bits per heavy atom. The van der Waals surface area contributed by atoms with E-state index in [-0.39, 0.29) is 6.09 Å². The van der Waals surface area contributed by atoms with Gasteiger partial charge >= 0.3 is 6.09 Å². The van der Waals surface area contributed by atoms with E-state index in [9.17, 15) is 4.79 Å². The number of ether oxygens (including phenoxy) is 1. The maximum Gasteiger partial charge on any atom is 0.410 e. The van der Waals surface area contributed by atoms with Crippen molar-refractivity contribution in [3.63, 3.8) is 0 Å². The standard InChI is InChI=1S/C18H22ClN3O2/c1-18(2,3)24-17(23)22-10-8-21(9-11-22)14-5-6-15-13(12-14)4-7-16(19)20-15/h4-7,12H,8-11H2,1-3H3. The van der Waals surface area contributed by atoms with Crippen LogP contribution < -0.4 is 4.90 Å². The fourth-order valence-corrected chi connectivity index (χ4v) is 2.91. The molecule has 6 heteroatoms. The second-order valence-corrected chi connectivity index (χ2v) is 7.35. The number of aromatic nitrogens is 1. The largest absolute Gasteiger partial charge is 0.444 e. The van der Waals surface area contributed by atoms with Crippen LogP contribution in [0.4, 0.5) is 10.5 Å². The Morgan fingerprint density at radius 1 is 1.12 bits per heavy atom. The number of anilines is 1. The molecule has 1 aromatic heterocycles. The Morgan fingerprint density at radius 3 is 2.50 bits per heavy atom. The SMILES string of the molecule is CC(C)(C)OC(=O)N1CCN(c2ccc3nc(Cl)ccc3c2)CC1. The third-order valence-electron chi connectivity index (χ3n) is 3.94. The van der Waals surface area contributed by atoms with Crippen LogP contribution in [0.3, 0.4) is 0 Å². The summed E-state index contributed by atoms with van der Waals surface area (Å²) in [4.78, 5) is 20.5. The molecule has 0 radical (unpaired) electrons. The van der Waals surface area contributed by atoms with E-state index in [4.69, 9.17) is 16.3 Å². The van der Waals surface area contributed by atoms with Crippen LogP contribution in [-0.4, -0.2) is 47.8 Å². The maximum atomic E-state index is 12.1. The molecule has 24 heavy (non-hydrogen) atoms. The van der Waals surface area contributed by atoms with E-state index in [1.807, 2.05) is 32.9 Å². The fourth-order valence-electron chi connectivity index (χ4n) is 2.76. The smallest absolute Gasteiger partial charge is 0.410 e. The minimum atomic E-state index is -0.458. The lowest BCUT2D eigenvalue weighted by Gasteiger charge is -2.36. The number of benzene rings is 1. The van der Waals surface area contributed by atoms with Gasteiger partial charge in [0.1, 0.15) is 10.8 Å². The van der Waals surface area contributed by atoms with E-state index in [1.54, 1.807) is 11.0 Å². The van der Waals surface area contributed by atoms with Crippen molar-refractivity contribution in [3.05, 3.63) is 35.5 Å². The minimum absolute atomic E-state index is 0.237. The molecule has 0 bridgehead atoms. The summed E-state index contributed by atoms with van der Waals surface area (Å²) >= 11 is 5.93. The number of carbonyl (C=O) groups excluding carboxylic acids is 1. The predicted molar refractivity (Wildman–Crippen MR) is 96.8 cm³/mol. The van der Waals surface area contributed by atoms with Crippen LogP contribution in [0.25, 0.3) is 10.9 Å². The number of halogens is 1. The number of piperazine rings is 1. The van der Waals surface area contributed by atoms with Crippen molar-refractivity contribution in [2.24, 2.45) is 0 Å². The van der Waals surface area contributed by atoms with Crippen LogP contribution >= 0.6 is 11.6 Å². The number of amides is 1. The zero-order valence-corrected chi connectivity index (χ0v) is 15.0. The molecule has 1 aliphatic heterocycles. The number of fused-ring (bicyclic) bond motifs is 1. The van der Waals surface area contributed by atoms with Gasteiger partial charge in [-0.25, -0.2) is 9.78 Å². The Kier molecular flexibility index (Phi) is 4.54. The van der Waals surface area contributed by atoms with Gasteiger partial charge in [0, 0.05) is 37.3 Å². The normalized spacial score (nSPS) is 15.7. The average molecular weight is 348 g/mol. The van der Waals surface area contributed by atoms with Crippen molar-refractivity contribution in [3.8, 4) is 0 Å². The predicted octanol–water partition coefficient (Wildman–Crippen LogP) is 3.95. The highest BCUT2D eigenvalue weighted by Gasteiger charge is 2.25. The molecule has 0 unspecified atom stereocenters. The van der Waals surface area contributed by atoms with Crippen molar-refractivity contribution in [2.45, 2.75) is 26.4 Å². The number of hydrogen-bond donors (Lipinski definition) is 0. The first-order chi connectivity index (χ1) is 11.3. The topological polar surface area (TPSA) is 45.7 Å². The lowest BCUT2D eigenvalue weighted by molar-refractivity contribution is 0.0240. The van der Waals surface area contributed by atoms with Crippen LogP contribution in [-0.2, 0) is 4.74 Å². The van der Waals surface area contributed by atoms with Gasteiger partial charge in [-0.15, -0.1) is 0 Å². The van der Waals surface area contributed by atoms with Crippen LogP contribution in [0.15, 0.2) is 30.3 Å².